The highest BCUT2D eigenvalue weighted by atomic mass is 79.9. The van der Waals surface area contributed by atoms with Crippen molar-refractivity contribution in [1.82, 2.24) is 4.90 Å². The van der Waals surface area contributed by atoms with Gasteiger partial charge in [-0.1, -0.05) is 15.9 Å². The van der Waals surface area contributed by atoms with E-state index < -0.39 is 0 Å². The zero-order chi connectivity index (χ0) is 13.8. The minimum Gasteiger partial charge on any atom is -0.496 e. The van der Waals surface area contributed by atoms with E-state index in [1.807, 2.05) is 12.1 Å². The van der Waals surface area contributed by atoms with Gasteiger partial charge in [0.05, 0.1) is 7.11 Å². The summed E-state index contributed by atoms with van der Waals surface area (Å²) in [6.07, 6.45) is 2.64. The first-order chi connectivity index (χ1) is 9.11. The van der Waals surface area contributed by atoms with Crippen molar-refractivity contribution < 1.29 is 9.53 Å². The molecule has 0 saturated carbocycles. The van der Waals surface area contributed by atoms with Crippen LogP contribution in [0.25, 0.3) is 0 Å². The Labute approximate surface area is 122 Å². The van der Waals surface area contributed by atoms with Crippen molar-refractivity contribution in [3.05, 3.63) is 28.2 Å². The number of halogens is 1. The predicted molar refractivity (Wildman–Crippen MR) is 78.1 cm³/mol. The molecule has 1 amide bonds. The molecule has 19 heavy (non-hydrogen) atoms. The molecule has 1 aliphatic heterocycles. The normalized spacial score (nSPS) is 19.6. The molecule has 1 fully saturated rings. The molecule has 4 nitrogen and oxygen atoms in total. The van der Waals surface area contributed by atoms with Gasteiger partial charge in [0, 0.05) is 29.0 Å². The molecule has 1 aromatic carbocycles. The number of carbonyl (C=O) groups excluding carboxylic acids is 1. The third-order valence-electron chi connectivity index (χ3n) is 3.56. The smallest absolute Gasteiger partial charge is 0.218 e. The average molecular weight is 327 g/mol. The molecule has 1 aromatic rings. The van der Waals surface area contributed by atoms with Crippen LogP contribution < -0.4 is 10.5 Å². The van der Waals surface area contributed by atoms with E-state index in [4.69, 9.17) is 10.5 Å². The van der Waals surface area contributed by atoms with Crippen molar-refractivity contribution in [2.45, 2.75) is 25.3 Å². The maximum absolute atomic E-state index is 10.9. The van der Waals surface area contributed by atoms with Crippen molar-refractivity contribution in [2.75, 3.05) is 20.2 Å². The van der Waals surface area contributed by atoms with Crippen LogP contribution in [0.2, 0.25) is 0 Å². The molecular formula is C14H19BrN2O2. The SMILES string of the molecule is COc1ccc(Br)cc1C1CCCN1CCC(N)=O. The highest BCUT2D eigenvalue weighted by Gasteiger charge is 2.28. The number of nitrogens with two attached hydrogens (primary N) is 1. The van der Waals surface area contributed by atoms with Crippen molar-refractivity contribution in [3.8, 4) is 5.75 Å². The highest BCUT2D eigenvalue weighted by Crippen LogP contribution is 2.38. The molecule has 0 bridgehead atoms. The molecule has 0 aromatic heterocycles. The Morgan fingerprint density at radius 1 is 1.58 bits per heavy atom. The minimum absolute atomic E-state index is 0.244. The molecule has 5 heteroatoms. The second-order valence-corrected chi connectivity index (χ2v) is 5.71. The Kier molecular flexibility index (Phi) is 4.82. The van der Waals surface area contributed by atoms with Gasteiger partial charge in [0.25, 0.3) is 0 Å². The van der Waals surface area contributed by atoms with Crippen molar-refractivity contribution in [2.24, 2.45) is 5.73 Å². The summed E-state index contributed by atoms with van der Waals surface area (Å²) < 4.78 is 6.49. The van der Waals surface area contributed by atoms with Gasteiger partial charge in [-0.2, -0.15) is 0 Å². The summed E-state index contributed by atoms with van der Waals surface area (Å²) in [4.78, 5) is 13.3. The number of nitrogens with zero attached hydrogens (tertiary/aromatic N) is 1. The predicted octanol–water partition coefficient (Wildman–Crippen LogP) is 2.47. The van der Waals surface area contributed by atoms with Gasteiger partial charge in [0.1, 0.15) is 5.75 Å². The first kappa shape index (κ1) is 14.3. The van der Waals surface area contributed by atoms with Crippen LogP contribution in [-0.4, -0.2) is 31.0 Å². The number of benzene rings is 1. The molecule has 2 rings (SSSR count). The van der Waals surface area contributed by atoms with E-state index >= 15 is 0 Å². The van der Waals surface area contributed by atoms with Crippen molar-refractivity contribution in [1.29, 1.82) is 0 Å². The number of methoxy groups -OCH3 is 1. The summed E-state index contributed by atoms with van der Waals surface area (Å²) in [7, 11) is 1.69. The third kappa shape index (κ3) is 3.48. The summed E-state index contributed by atoms with van der Waals surface area (Å²) >= 11 is 3.51. The quantitative estimate of drug-likeness (QED) is 0.904. The van der Waals surface area contributed by atoms with E-state index in [9.17, 15) is 4.79 Å². The monoisotopic (exact) mass is 326 g/mol. The number of amides is 1. The van der Waals surface area contributed by atoms with Crippen LogP contribution in [0.1, 0.15) is 30.9 Å². The Balaban J connectivity index is 2.19. The molecular weight excluding hydrogens is 308 g/mol. The fourth-order valence-electron chi connectivity index (χ4n) is 2.67. The average Bonchev–Trinajstić information content (AvgIpc) is 2.84. The fourth-order valence-corrected chi connectivity index (χ4v) is 3.04. The lowest BCUT2D eigenvalue weighted by Gasteiger charge is -2.25. The minimum atomic E-state index is -0.244. The number of hydrogen-bond acceptors (Lipinski definition) is 3. The van der Waals surface area contributed by atoms with Crippen LogP contribution in [0.15, 0.2) is 22.7 Å². The molecule has 0 spiro atoms. The van der Waals surface area contributed by atoms with Crippen molar-refractivity contribution >= 4 is 21.8 Å². The van der Waals surface area contributed by atoms with E-state index in [-0.39, 0.29) is 5.91 Å². The molecule has 1 unspecified atom stereocenters. The van der Waals surface area contributed by atoms with Crippen LogP contribution in [0.3, 0.4) is 0 Å². The van der Waals surface area contributed by atoms with Crippen LogP contribution in [0.5, 0.6) is 5.75 Å². The van der Waals surface area contributed by atoms with Crippen molar-refractivity contribution in [3.63, 3.8) is 0 Å². The van der Waals surface area contributed by atoms with E-state index in [1.54, 1.807) is 7.11 Å². The highest BCUT2D eigenvalue weighted by molar-refractivity contribution is 9.10. The van der Waals surface area contributed by atoms with Gasteiger partial charge < -0.3 is 10.5 Å². The first-order valence-corrected chi connectivity index (χ1v) is 7.27. The standard InChI is InChI=1S/C14H19BrN2O2/c1-19-13-5-4-10(15)9-11(13)12-3-2-7-17(12)8-6-14(16)18/h4-5,9,12H,2-3,6-8H2,1H3,(H2,16,18). The van der Waals surface area contributed by atoms with E-state index in [0.29, 0.717) is 12.5 Å². The van der Waals surface area contributed by atoms with Gasteiger partial charge in [-0.15, -0.1) is 0 Å². The number of primary amides is 1. The largest absolute Gasteiger partial charge is 0.496 e. The molecule has 2 N–H and O–H groups in total. The Morgan fingerprint density at radius 3 is 3.05 bits per heavy atom. The number of carbonyl (C=O) groups is 1. The molecule has 104 valence electrons. The first-order valence-electron chi connectivity index (χ1n) is 6.47. The summed E-state index contributed by atoms with van der Waals surface area (Å²) in [6, 6.07) is 6.37. The topological polar surface area (TPSA) is 55.6 Å². The lowest BCUT2D eigenvalue weighted by Crippen LogP contribution is -2.28. The number of likely N-dealkylation sites (tertiary alicyclic amines) is 1. The number of rotatable bonds is 5. The fraction of sp³-hybridized carbons (Fsp3) is 0.500. The summed E-state index contributed by atoms with van der Waals surface area (Å²) in [5.74, 6) is 0.658. The van der Waals surface area contributed by atoms with Crippen LogP contribution in [0, 0.1) is 0 Å². The van der Waals surface area contributed by atoms with Crippen LogP contribution in [0.4, 0.5) is 0 Å². The molecule has 0 aliphatic carbocycles. The Morgan fingerprint density at radius 2 is 2.37 bits per heavy atom. The van der Waals surface area contributed by atoms with Crippen LogP contribution >= 0.6 is 15.9 Å². The van der Waals surface area contributed by atoms with Gasteiger partial charge in [0.2, 0.25) is 5.91 Å². The molecule has 1 heterocycles. The maximum Gasteiger partial charge on any atom is 0.218 e. The lowest BCUT2D eigenvalue weighted by atomic mass is 10.0. The summed E-state index contributed by atoms with van der Waals surface area (Å²) in [5.41, 5.74) is 6.42. The molecule has 1 saturated heterocycles. The molecule has 1 atom stereocenters. The van der Waals surface area contributed by atoms with Gasteiger partial charge in [-0.05, 0) is 37.6 Å². The van der Waals surface area contributed by atoms with Gasteiger partial charge in [-0.25, -0.2) is 0 Å². The number of hydrogen-bond donors (Lipinski definition) is 1. The van der Waals surface area contributed by atoms with E-state index in [1.165, 1.54) is 5.56 Å². The molecule has 0 radical (unpaired) electrons. The van der Waals surface area contributed by atoms with Gasteiger partial charge in [-0.3, -0.25) is 9.69 Å². The Hall–Kier alpha value is -1.07. The van der Waals surface area contributed by atoms with Gasteiger partial charge in [0.15, 0.2) is 0 Å². The summed E-state index contributed by atoms with van der Waals surface area (Å²) in [5, 5.41) is 0. The zero-order valence-corrected chi connectivity index (χ0v) is 12.6. The second-order valence-electron chi connectivity index (χ2n) is 4.80. The zero-order valence-electron chi connectivity index (χ0n) is 11.1. The lowest BCUT2D eigenvalue weighted by molar-refractivity contribution is -0.118. The van der Waals surface area contributed by atoms with Crippen LogP contribution in [-0.2, 0) is 4.79 Å². The van der Waals surface area contributed by atoms with E-state index in [0.717, 1.165) is 36.2 Å². The maximum atomic E-state index is 10.9. The summed E-state index contributed by atoms with van der Waals surface area (Å²) in [6.45, 7) is 1.73. The van der Waals surface area contributed by atoms with Gasteiger partial charge >= 0.3 is 0 Å². The Bertz CT molecular complexity index is 465. The third-order valence-corrected chi connectivity index (χ3v) is 4.05. The molecule has 1 aliphatic rings. The second kappa shape index (κ2) is 6.39. The number of ether oxygens (including phenoxy) is 1. The van der Waals surface area contributed by atoms with E-state index in [2.05, 4.69) is 26.9 Å².